The van der Waals surface area contributed by atoms with Crippen molar-refractivity contribution in [3.05, 3.63) is 0 Å². The molecular formula is C40H80CuN2O2S2. The third kappa shape index (κ3) is 50.4. The third-order valence-electron chi connectivity index (χ3n) is 9.32. The maximum absolute atomic E-state index is 11.9. The molecule has 7 heteroatoms. The fourth-order valence-corrected chi connectivity index (χ4v) is 6.53. The zero-order valence-corrected chi connectivity index (χ0v) is 34.0. The van der Waals surface area contributed by atoms with Crippen LogP contribution in [-0.2, 0) is 17.1 Å². The van der Waals surface area contributed by atoms with Crippen LogP contribution in [0.4, 0.5) is 0 Å². The van der Waals surface area contributed by atoms with Gasteiger partial charge >= 0.3 is 17.1 Å². The number of nitrogens with zero attached hydrogens (tertiary/aromatic N) is 1. The second-order valence-electron chi connectivity index (χ2n) is 13.9. The quantitative estimate of drug-likeness (QED) is 0.0391. The normalized spacial score (nSPS) is 10.7. The first-order chi connectivity index (χ1) is 22.5. The molecule has 47 heavy (non-hydrogen) atoms. The van der Waals surface area contributed by atoms with Crippen molar-refractivity contribution in [2.24, 2.45) is 5.73 Å². The van der Waals surface area contributed by atoms with Crippen LogP contribution in [0, 0.1) is 0 Å². The summed E-state index contributed by atoms with van der Waals surface area (Å²) in [5.41, 5.74) is 4.29. The molecule has 0 aromatic heterocycles. The molecule has 0 aliphatic rings. The first-order valence-corrected chi connectivity index (χ1v) is 21.2. The fraction of sp³-hybridized carbons (Fsp3) is 0.950. The molecule has 4 nitrogen and oxygen atoms in total. The van der Waals surface area contributed by atoms with Crippen LogP contribution in [0.3, 0.4) is 0 Å². The molecule has 0 amide bonds. The zero-order valence-electron chi connectivity index (χ0n) is 31.4. The Morgan fingerprint density at radius 1 is 0.383 bits per heavy atom. The summed E-state index contributed by atoms with van der Waals surface area (Å²) in [5, 5.41) is 20.0. The molecule has 0 saturated heterocycles. The van der Waals surface area contributed by atoms with E-state index in [0.717, 1.165) is 25.9 Å². The molecule has 0 spiro atoms. The molecule has 0 aromatic carbocycles. The van der Waals surface area contributed by atoms with Crippen molar-refractivity contribution in [3.63, 3.8) is 0 Å². The summed E-state index contributed by atoms with van der Waals surface area (Å²) < 4.78 is 0. The molecule has 285 valence electrons. The van der Waals surface area contributed by atoms with E-state index in [1.807, 2.05) is 4.90 Å². The van der Waals surface area contributed by atoms with E-state index < -0.39 is 5.17 Å². The molecule has 0 aromatic rings. The number of hydrogen-bond acceptors (Lipinski definition) is 4. The van der Waals surface area contributed by atoms with Gasteiger partial charge in [-0.25, -0.2) is 0 Å². The van der Waals surface area contributed by atoms with Crippen molar-refractivity contribution in [3.8, 4) is 0 Å². The number of nitrogens with two attached hydrogens (primary N) is 1. The van der Waals surface area contributed by atoms with E-state index in [4.69, 9.17) is 17.3 Å². The van der Waals surface area contributed by atoms with Crippen LogP contribution in [0.15, 0.2) is 0 Å². The molecule has 0 bridgehead atoms. The van der Waals surface area contributed by atoms with Crippen LogP contribution in [0.25, 0.3) is 0 Å². The molecule has 0 aliphatic heterocycles. The summed E-state index contributed by atoms with van der Waals surface area (Å²) >= 11 is 8.78. The van der Waals surface area contributed by atoms with Crippen molar-refractivity contribution < 1.29 is 27.3 Å². The Balaban J connectivity index is -0.00000364. The summed E-state index contributed by atoms with van der Waals surface area (Å²) in [4.78, 5) is 1.94. The van der Waals surface area contributed by atoms with Gasteiger partial charge < -0.3 is 20.8 Å². The van der Waals surface area contributed by atoms with E-state index in [-0.39, 0.29) is 22.2 Å². The van der Waals surface area contributed by atoms with E-state index in [1.54, 1.807) is 0 Å². The molecule has 0 aliphatic carbocycles. The Morgan fingerprint density at radius 2 is 0.532 bits per heavy atom. The van der Waals surface area contributed by atoms with E-state index in [2.05, 4.69) is 31.8 Å². The average Bonchev–Trinajstić information content (AvgIpc) is 3.02. The Labute approximate surface area is 316 Å². The van der Waals surface area contributed by atoms with Gasteiger partial charge in [0.15, 0.2) is 0 Å². The maximum atomic E-state index is 11.9. The molecule has 0 saturated carbocycles. The van der Waals surface area contributed by atoms with Crippen molar-refractivity contribution in [2.75, 3.05) is 13.1 Å². The van der Waals surface area contributed by atoms with Crippen LogP contribution >= 0.6 is 24.4 Å². The number of thiocarbonyl (C=S) groups is 2. The van der Waals surface area contributed by atoms with Gasteiger partial charge in [-0.15, -0.1) is 0 Å². The van der Waals surface area contributed by atoms with Gasteiger partial charge in [0.2, 0.25) is 0 Å². The number of unbranched alkanes of at least 4 members (excludes halogenated alkanes) is 32. The topological polar surface area (TPSA) is 75.4 Å². The number of rotatable bonds is 36. The first-order valence-electron chi connectivity index (χ1n) is 20.4. The summed E-state index contributed by atoms with van der Waals surface area (Å²) in [7, 11) is 0. The minimum absolute atomic E-state index is 0. The molecule has 0 heterocycles. The van der Waals surface area contributed by atoms with E-state index >= 15 is 0 Å². The molecule has 0 fully saturated rings. The number of hydrogen-bond donors (Lipinski definition) is 1. The van der Waals surface area contributed by atoms with Gasteiger partial charge in [0.25, 0.3) is 0 Å². The maximum Gasteiger partial charge on any atom is 2.00 e. The molecule has 1 radical (unpaired) electrons. The van der Waals surface area contributed by atoms with Crippen LogP contribution in [0.1, 0.15) is 232 Å². The van der Waals surface area contributed by atoms with Gasteiger partial charge in [0.05, 0.1) is 0 Å². The second kappa shape index (κ2) is 45.9. The molecule has 0 atom stereocenters. The van der Waals surface area contributed by atoms with Crippen molar-refractivity contribution in [1.29, 1.82) is 0 Å². The van der Waals surface area contributed by atoms with E-state index in [9.17, 15) is 5.11 Å². The van der Waals surface area contributed by atoms with Gasteiger partial charge in [-0.05, 0) is 12.8 Å². The molecule has 2 N–H and O–H groups in total. The van der Waals surface area contributed by atoms with Crippen molar-refractivity contribution >= 4 is 34.8 Å². The van der Waals surface area contributed by atoms with Crippen LogP contribution < -0.4 is 15.9 Å². The monoisotopic (exact) mass is 747 g/mol. The van der Waals surface area contributed by atoms with Gasteiger partial charge in [-0.1, -0.05) is 244 Å². The molecular weight excluding hydrogens is 668 g/mol. The van der Waals surface area contributed by atoms with Crippen LogP contribution in [-0.4, -0.2) is 28.3 Å². The standard InChI is InChI=1S/C39H79NOS.CH3NOS.Cu/c1-3-5-7-9-11-13-15-17-19-21-23-25-27-29-31-33-35-37-40(39(41)42)38-36-34-32-30-28-26-24-22-20-18-16-14-12-10-8-6-4-2;2-1(3)4;/h3-38H2,1-2H3,(H,41,42);(H3,2,3,4);/q;;+2/p-2. The molecule has 0 unspecified atom stereocenters. The molecule has 0 rings (SSSR count). The van der Waals surface area contributed by atoms with Crippen LogP contribution in [0.2, 0.25) is 0 Å². The summed E-state index contributed by atoms with van der Waals surface area (Å²) in [6, 6.07) is 0. The predicted molar refractivity (Wildman–Crippen MR) is 209 cm³/mol. The largest absolute Gasteiger partial charge is 2.00 e. The van der Waals surface area contributed by atoms with Gasteiger partial charge in [0, 0.05) is 23.4 Å². The summed E-state index contributed by atoms with van der Waals surface area (Å²) in [5.74, 6) is 0. The summed E-state index contributed by atoms with van der Waals surface area (Å²) in [6.45, 7) is 6.34. The van der Waals surface area contributed by atoms with E-state index in [1.165, 1.54) is 205 Å². The minimum atomic E-state index is -0.750. The smallest absolute Gasteiger partial charge is 0.852 e. The zero-order chi connectivity index (χ0) is 34.2. The minimum Gasteiger partial charge on any atom is -0.852 e. The fourth-order valence-electron chi connectivity index (χ4n) is 6.35. The second-order valence-corrected chi connectivity index (χ2v) is 14.6. The van der Waals surface area contributed by atoms with Crippen molar-refractivity contribution in [1.82, 2.24) is 4.90 Å². The predicted octanol–water partition coefficient (Wildman–Crippen LogP) is 11.8. The van der Waals surface area contributed by atoms with Gasteiger partial charge in [-0.2, -0.15) is 0 Å². The van der Waals surface area contributed by atoms with Crippen molar-refractivity contribution in [2.45, 2.75) is 232 Å². The van der Waals surface area contributed by atoms with Gasteiger partial charge in [-0.3, -0.25) is 0 Å². The third-order valence-corrected chi connectivity index (χ3v) is 9.58. The summed E-state index contributed by atoms with van der Waals surface area (Å²) in [6.07, 6.45) is 47.3. The Morgan fingerprint density at radius 3 is 0.681 bits per heavy atom. The van der Waals surface area contributed by atoms with Crippen LogP contribution in [0.5, 0.6) is 0 Å². The Kier molecular flexibility index (Phi) is 50.1. The Hall–Kier alpha value is -0.101. The SMILES string of the molecule is CCCCCCCCCCCCCCCCCCCN(CCCCCCCCCCCCCCCCCCC)C([O-])=S.NC([O-])=S.[Cu+2]. The van der Waals surface area contributed by atoms with E-state index in [0.29, 0.717) is 0 Å². The average molecular weight is 749 g/mol. The first kappa shape index (κ1) is 51.3. The Bertz CT molecular complexity index is 571. The van der Waals surface area contributed by atoms with Gasteiger partial charge in [0.1, 0.15) is 0 Å².